The molecule has 1 aromatic rings. The lowest BCUT2D eigenvalue weighted by molar-refractivity contribution is 0.118. The fourth-order valence-electron chi connectivity index (χ4n) is 3.51. The Morgan fingerprint density at radius 2 is 2.25 bits per heavy atom. The van der Waals surface area contributed by atoms with Gasteiger partial charge in [0, 0.05) is 23.8 Å². The third kappa shape index (κ3) is 3.15. The largest absolute Gasteiger partial charge is 0.394 e. The van der Waals surface area contributed by atoms with E-state index < -0.39 is 0 Å². The van der Waals surface area contributed by atoms with E-state index >= 15 is 0 Å². The molecule has 2 unspecified atom stereocenters. The second kappa shape index (κ2) is 6.59. The van der Waals surface area contributed by atoms with Gasteiger partial charge in [-0.2, -0.15) is 0 Å². The first-order valence-electron chi connectivity index (χ1n) is 7.77. The number of rotatable bonds is 5. The number of nitrogens with one attached hydrogen (secondary N) is 1. The number of aryl methyl sites for hydroxylation is 1. The predicted molar refractivity (Wildman–Crippen MR) is 85.3 cm³/mol. The molecule has 0 saturated heterocycles. The Morgan fingerprint density at radius 1 is 1.45 bits per heavy atom. The lowest BCUT2D eigenvalue weighted by atomic mass is 9.79. The van der Waals surface area contributed by atoms with E-state index in [2.05, 4.69) is 48.3 Å². The van der Waals surface area contributed by atoms with Crippen molar-refractivity contribution in [1.29, 1.82) is 0 Å². The summed E-state index contributed by atoms with van der Waals surface area (Å²) in [4.78, 5) is 2.49. The van der Waals surface area contributed by atoms with Crippen LogP contribution in [0.2, 0.25) is 0 Å². The molecular formula is C17H28N2O. The van der Waals surface area contributed by atoms with Crippen molar-refractivity contribution < 1.29 is 5.11 Å². The number of aliphatic hydroxyl groups excluding tert-OH is 1. The summed E-state index contributed by atoms with van der Waals surface area (Å²) in [5.41, 5.74) is 2.52. The number of likely N-dealkylation sites (N-methyl/N-ethyl adjacent to an activating group) is 1. The molecule has 2 rings (SSSR count). The zero-order valence-electron chi connectivity index (χ0n) is 13.0. The molecule has 1 aliphatic rings. The number of aliphatic hydroxyl groups is 1. The van der Waals surface area contributed by atoms with Crippen molar-refractivity contribution in [2.24, 2.45) is 0 Å². The van der Waals surface area contributed by atoms with Gasteiger partial charge in [0.1, 0.15) is 0 Å². The molecule has 1 fully saturated rings. The van der Waals surface area contributed by atoms with Crippen LogP contribution in [-0.2, 0) is 0 Å². The van der Waals surface area contributed by atoms with Gasteiger partial charge in [0.2, 0.25) is 0 Å². The van der Waals surface area contributed by atoms with Crippen LogP contribution in [0.25, 0.3) is 0 Å². The van der Waals surface area contributed by atoms with Gasteiger partial charge < -0.3 is 15.3 Å². The molecule has 1 aromatic carbocycles. The fourth-order valence-corrected chi connectivity index (χ4v) is 3.51. The summed E-state index contributed by atoms with van der Waals surface area (Å²) >= 11 is 0. The van der Waals surface area contributed by atoms with Crippen LogP contribution in [-0.4, -0.2) is 36.9 Å². The highest BCUT2D eigenvalue weighted by Crippen LogP contribution is 2.33. The van der Waals surface area contributed by atoms with E-state index in [0.29, 0.717) is 6.04 Å². The Hall–Kier alpha value is -1.06. The van der Waals surface area contributed by atoms with Crippen LogP contribution in [0.4, 0.5) is 5.69 Å². The average Bonchev–Trinajstić information content (AvgIpc) is 2.48. The van der Waals surface area contributed by atoms with Gasteiger partial charge in [0.25, 0.3) is 0 Å². The Balaban J connectivity index is 2.19. The van der Waals surface area contributed by atoms with Gasteiger partial charge in [0.15, 0.2) is 0 Å². The second-order valence-corrected chi connectivity index (χ2v) is 6.06. The summed E-state index contributed by atoms with van der Waals surface area (Å²) < 4.78 is 0. The molecule has 0 aromatic heterocycles. The maximum Gasteiger partial charge on any atom is 0.0614 e. The molecule has 1 aliphatic carbocycles. The Labute approximate surface area is 123 Å². The van der Waals surface area contributed by atoms with E-state index in [1.807, 2.05) is 7.05 Å². The average molecular weight is 276 g/mol. The van der Waals surface area contributed by atoms with E-state index in [1.165, 1.54) is 24.1 Å². The number of benzene rings is 1. The van der Waals surface area contributed by atoms with Crippen molar-refractivity contribution in [3.63, 3.8) is 0 Å². The minimum Gasteiger partial charge on any atom is -0.394 e. The van der Waals surface area contributed by atoms with Crippen LogP contribution >= 0.6 is 0 Å². The fraction of sp³-hybridized carbons (Fsp3) is 0.647. The summed E-state index contributed by atoms with van der Waals surface area (Å²) in [5, 5.41) is 13.1. The highest BCUT2D eigenvalue weighted by molar-refractivity contribution is 5.49. The normalized spacial score (nSPS) is 26.5. The number of hydrogen-bond donors (Lipinski definition) is 2. The molecule has 0 bridgehead atoms. The first-order chi connectivity index (χ1) is 9.64. The molecule has 1 saturated carbocycles. The van der Waals surface area contributed by atoms with E-state index in [0.717, 1.165) is 19.4 Å². The summed E-state index contributed by atoms with van der Waals surface area (Å²) in [6.07, 6.45) is 4.48. The van der Waals surface area contributed by atoms with Gasteiger partial charge in [-0.25, -0.2) is 0 Å². The molecule has 0 radical (unpaired) electrons. The van der Waals surface area contributed by atoms with Crippen LogP contribution in [0.5, 0.6) is 0 Å². The first-order valence-corrected chi connectivity index (χ1v) is 7.77. The van der Waals surface area contributed by atoms with Crippen LogP contribution in [0.1, 0.15) is 38.2 Å². The summed E-state index contributed by atoms with van der Waals surface area (Å²) in [5.74, 6) is 0. The van der Waals surface area contributed by atoms with Gasteiger partial charge in [-0.15, -0.1) is 0 Å². The van der Waals surface area contributed by atoms with Crippen molar-refractivity contribution in [3.8, 4) is 0 Å². The van der Waals surface area contributed by atoms with E-state index in [-0.39, 0.29) is 12.1 Å². The van der Waals surface area contributed by atoms with Crippen molar-refractivity contribution in [2.75, 3.05) is 25.1 Å². The zero-order chi connectivity index (χ0) is 14.6. The monoisotopic (exact) mass is 276 g/mol. The molecule has 0 amide bonds. The standard InChI is InChI=1S/C17H28N2O/c1-4-19(15-8-5-7-14(2)11-15)16-9-6-10-17(12-16,13-20)18-3/h5,7-8,11,16,18,20H,4,6,9-10,12-13H2,1-3H3. The maximum absolute atomic E-state index is 9.75. The number of nitrogens with zero attached hydrogens (tertiary/aromatic N) is 1. The van der Waals surface area contributed by atoms with Crippen LogP contribution < -0.4 is 10.2 Å². The van der Waals surface area contributed by atoms with Crippen LogP contribution in [0, 0.1) is 6.92 Å². The summed E-state index contributed by atoms with van der Waals surface area (Å²) in [6.45, 7) is 5.60. The minimum atomic E-state index is -0.0971. The Kier molecular flexibility index (Phi) is 5.06. The zero-order valence-corrected chi connectivity index (χ0v) is 13.0. The van der Waals surface area contributed by atoms with Crippen molar-refractivity contribution in [1.82, 2.24) is 5.32 Å². The second-order valence-electron chi connectivity index (χ2n) is 6.06. The molecule has 0 aliphatic heterocycles. The molecule has 20 heavy (non-hydrogen) atoms. The molecule has 2 atom stereocenters. The molecule has 112 valence electrons. The third-order valence-corrected chi connectivity index (χ3v) is 4.77. The molecule has 0 spiro atoms. The van der Waals surface area contributed by atoms with E-state index in [9.17, 15) is 5.11 Å². The highest BCUT2D eigenvalue weighted by atomic mass is 16.3. The first kappa shape index (κ1) is 15.3. The minimum absolute atomic E-state index is 0.0971. The molecule has 0 heterocycles. The van der Waals surface area contributed by atoms with Crippen molar-refractivity contribution >= 4 is 5.69 Å². The van der Waals surface area contributed by atoms with Crippen LogP contribution in [0.15, 0.2) is 24.3 Å². The van der Waals surface area contributed by atoms with Gasteiger partial charge in [-0.05, 0) is 64.3 Å². The lowest BCUT2D eigenvalue weighted by Crippen LogP contribution is -2.54. The van der Waals surface area contributed by atoms with E-state index in [4.69, 9.17) is 0 Å². The SMILES string of the molecule is CCN(c1cccc(C)c1)C1CCCC(CO)(NC)C1. The summed E-state index contributed by atoms with van der Waals surface area (Å²) in [7, 11) is 1.97. The number of anilines is 1. The van der Waals surface area contributed by atoms with E-state index in [1.54, 1.807) is 0 Å². The topological polar surface area (TPSA) is 35.5 Å². The Bertz CT molecular complexity index is 429. The predicted octanol–water partition coefficient (Wildman–Crippen LogP) is 2.71. The molecule has 3 heteroatoms. The lowest BCUT2D eigenvalue weighted by Gasteiger charge is -2.44. The van der Waals surface area contributed by atoms with Crippen molar-refractivity contribution in [3.05, 3.63) is 29.8 Å². The smallest absolute Gasteiger partial charge is 0.0614 e. The number of hydrogen-bond acceptors (Lipinski definition) is 3. The Morgan fingerprint density at radius 3 is 2.85 bits per heavy atom. The third-order valence-electron chi connectivity index (χ3n) is 4.77. The quantitative estimate of drug-likeness (QED) is 0.868. The van der Waals surface area contributed by atoms with Gasteiger partial charge >= 0.3 is 0 Å². The van der Waals surface area contributed by atoms with Gasteiger partial charge in [0.05, 0.1) is 6.61 Å². The van der Waals surface area contributed by atoms with Crippen LogP contribution in [0.3, 0.4) is 0 Å². The summed E-state index contributed by atoms with van der Waals surface area (Å²) in [6, 6.07) is 9.25. The maximum atomic E-state index is 9.75. The van der Waals surface area contributed by atoms with Gasteiger partial charge in [-0.1, -0.05) is 12.1 Å². The molecule has 2 N–H and O–H groups in total. The van der Waals surface area contributed by atoms with Crippen molar-refractivity contribution in [2.45, 2.75) is 51.1 Å². The molecular weight excluding hydrogens is 248 g/mol. The molecule has 3 nitrogen and oxygen atoms in total. The highest BCUT2D eigenvalue weighted by Gasteiger charge is 2.36. The van der Waals surface area contributed by atoms with Gasteiger partial charge in [-0.3, -0.25) is 0 Å².